The number of benzene rings is 3. The summed E-state index contributed by atoms with van der Waals surface area (Å²) in [7, 11) is 0. The van der Waals surface area contributed by atoms with Crippen LogP contribution in [0, 0.1) is 5.92 Å². The number of aromatic nitrogens is 1. The van der Waals surface area contributed by atoms with E-state index in [1.54, 1.807) is 24.3 Å². The van der Waals surface area contributed by atoms with Crippen LogP contribution in [-0.2, 0) is 16.0 Å². The molecule has 2 heterocycles. The van der Waals surface area contributed by atoms with Crippen LogP contribution < -0.4 is 9.47 Å². The Morgan fingerprint density at radius 2 is 1.73 bits per heavy atom. The van der Waals surface area contributed by atoms with Crippen LogP contribution in [-0.4, -0.2) is 66.5 Å². The fourth-order valence-electron chi connectivity index (χ4n) is 6.58. The SMILES string of the molecule is O=C(CCC1CCc2c([nH]c3ccc(Cl)cc23)[C@H](c2ccc(OCCC(O)CN3CCOCC3)cc2)C1)Oc1ccc(Cl)cc1. The van der Waals surface area contributed by atoms with Gasteiger partial charge in [-0.25, -0.2) is 0 Å². The van der Waals surface area contributed by atoms with Crippen molar-refractivity contribution in [2.24, 2.45) is 5.92 Å². The summed E-state index contributed by atoms with van der Waals surface area (Å²) in [5, 5.41) is 13.0. The van der Waals surface area contributed by atoms with E-state index in [4.69, 9.17) is 37.4 Å². The van der Waals surface area contributed by atoms with Gasteiger partial charge in [-0.3, -0.25) is 9.69 Å². The van der Waals surface area contributed by atoms with Gasteiger partial charge in [-0.1, -0.05) is 35.3 Å². The summed E-state index contributed by atoms with van der Waals surface area (Å²) in [5.41, 5.74) is 4.82. The number of aliphatic hydroxyl groups is 1. The summed E-state index contributed by atoms with van der Waals surface area (Å²) >= 11 is 12.4. The predicted octanol–water partition coefficient (Wildman–Crippen LogP) is 7.41. The average molecular weight is 652 g/mol. The molecule has 9 heteroatoms. The molecule has 2 aliphatic rings. The number of ether oxygens (including phenoxy) is 3. The Kier molecular flexibility index (Phi) is 10.6. The first-order valence-electron chi connectivity index (χ1n) is 15.9. The van der Waals surface area contributed by atoms with Crippen molar-refractivity contribution in [1.29, 1.82) is 0 Å². The monoisotopic (exact) mass is 650 g/mol. The van der Waals surface area contributed by atoms with Crippen LogP contribution in [0.5, 0.6) is 11.5 Å². The Balaban J connectivity index is 1.12. The molecule has 0 amide bonds. The molecule has 3 atom stereocenters. The maximum atomic E-state index is 12.7. The number of morpholine rings is 1. The molecule has 45 heavy (non-hydrogen) atoms. The highest BCUT2D eigenvalue weighted by Gasteiger charge is 2.29. The first kappa shape index (κ1) is 31.9. The van der Waals surface area contributed by atoms with Crippen molar-refractivity contribution in [3.05, 3.63) is 93.6 Å². The Hall–Kier alpha value is -3.07. The molecule has 3 aromatic carbocycles. The second-order valence-corrected chi connectivity index (χ2v) is 13.0. The highest BCUT2D eigenvalue weighted by molar-refractivity contribution is 6.31. The number of hydrogen-bond donors (Lipinski definition) is 2. The maximum Gasteiger partial charge on any atom is 0.311 e. The maximum absolute atomic E-state index is 12.7. The lowest BCUT2D eigenvalue weighted by Gasteiger charge is -2.28. The Morgan fingerprint density at radius 1 is 1.00 bits per heavy atom. The standard InChI is InChI=1S/C36H40Cl2N2O5/c37-26-5-10-30(11-6-26)45-35(42)14-2-24-1-12-31-33-22-27(38)7-13-34(33)39-36(31)32(21-24)25-3-8-29(9-4-25)44-18-15-28(41)23-40-16-19-43-20-17-40/h3-11,13,22,24,28,32,39,41H,1-2,12,14-21,23H2/t24?,28?,32-/m0/s1. The molecule has 0 spiro atoms. The molecule has 238 valence electrons. The molecule has 7 nitrogen and oxygen atoms in total. The van der Waals surface area contributed by atoms with E-state index in [0.717, 1.165) is 68.3 Å². The number of halogens is 2. The smallest absolute Gasteiger partial charge is 0.311 e. The van der Waals surface area contributed by atoms with Crippen molar-refractivity contribution >= 4 is 40.1 Å². The Labute approximate surface area is 274 Å². The van der Waals surface area contributed by atoms with Crippen molar-refractivity contribution < 1.29 is 24.1 Å². The number of H-pyrrole nitrogens is 1. The van der Waals surface area contributed by atoms with E-state index in [2.05, 4.69) is 34.1 Å². The van der Waals surface area contributed by atoms with Gasteiger partial charge in [0.25, 0.3) is 0 Å². The Bertz CT molecular complexity index is 1570. The van der Waals surface area contributed by atoms with Gasteiger partial charge in [0.05, 0.1) is 25.9 Å². The van der Waals surface area contributed by atoms with Crippen LogP contribution >= 0.6 is 23.2 Å². The number of hydrogen-bond acceptors (Lipinski definition) is 6. The molecule has 4 aromatic rings. The van der Waals surface area contributed by atoms with E-state index in [-0.39, 0.29) is 11.9 Å². The lowest BCUT2D eigenvalue weighted by atomic mass is 9.85. The number of aryl methyl sites for hydroxylation is 1. The minimum Gasteiger partial charge on any atom is -0.493 e. The highest BCUT2D eigenvalue weighted by Crippen LogP contribution is 2.42. The zero-order valence-electron chi connectivity index (χ0n) is 25.4. The zero-order chi connectivity index (χ0) is 31.2. The van der Waals surface area contributed by atoms with Crippen LogP contribution in [0.4, 0.5) is 0 Å². The predicted molar refractivity (Wildman–Crippen MR) is 178 cm³/mol. The summed E-state index contributed by atoms with van der Waals surface area (Å²) in [4.78, 5) is 18.7. The van der Waals surface area contributed by atoms with Gasteiger partial charge < -0.3 is 24.3 Å². The normalized spacial score (nSPS) is 19.5. The fourth-order valence-corrected chi connectivity index (χ4v) is 6.88. The molecule has 1 aromatic heterocycles. The van der Waals surface area contributed by atoms with Gasteiger partial charge >= 0.3 is 5.97 Å². The number of fused-ring (bicyclic) bond motifs is 3. The topological polar surface area (TPSA) is 84.0 Å². The minimum absolute atomic E-state index is 0.135. The average Bonchev–Trinajstić information content (AvgIpc) is 3.29. The van der Waals surface area contributed by atoms with Gasteiger partial charge in [-0.2, -0.15) is 0 Å². The number of rotatable bonds is 11. The molecule has 2 unspecified atom stereocenters. The largest absolute Gasteiger partial charge is 0.493 e. The van der Waals surface area contributed by atoms with Gasteiger partial charge in [-0.15, -0.1) is 0 Å². The highest BCUT2D eigenvalue weighted by atomic mass is 35.5. The lowest BCUT2D eigenvalue weighted by molar-refractivity contribution is -0.134. The molecular formula is C36H40Cl2N2O5. The number of aliphatic hydroxyl groups excluding tert-OH is 1. The van der Waals surface area contributed by atoms with E-state index in [9.17, 15) is 9.90 Å². The third-order valence-corrected chi connectivity index (χ3v) is 9.49. The van der Waals surface area contributed by atoms with Crippen LogP contribution in [0.1, 0.15) is 54.8 Å². The summed E-state index contributed by atoms with van der Waals surface area (Å²) in [6, 6.07) is 21.2. The molecule has 1 fully saturated rings. The van der Waals surface area contributed by atoms with Crippen molar-refractivity contribution in [3.8, 4) is 11.5 Å². The molecule has 1 aliphatic carbocycles. The minimum atomic E-state index is -0.428. The molecule has 0 saturated carbocycles. The van der Waals surface area contributed by atoms with E-state index in [0.29, 0.717) is 42.7 Å². The van der Waals surface area contributed by atoms with Gasteiger partial charge in [-0.05, 0) is 97.3 Å². The summed E-state index contributed by atoms with van der Waals surface area (Å²) in [5.74, 6) is 1.54. The van der Waals surface area contributed by atoms with E-state index in [1.165, 1.54) is 22.2 Å². The van der Waals surface area contributed by atoms with E-state index >= 15 is 0 Å². The van der Waals surface area contributed by atoms with Gasteiger partial charge in [0.1, 0.15) is 11.5 Å². The van der Waals surface area contributed by atoms with Crippen LogP contribution in [0.2, 0.25) is 10.0 Å². The molecule has 0 bridgehead atoms. The van der Waals surface area contributed by atoms with Crippen molar-refractivity contribution in [2.45, 2.75) is 50.5 Å². The van der Waals surface area contributed by atoms with Crippen molar-refractivity contribution in [1.82, 2.24) is 9.88 Å². The van der Waals surface area contributed by atoms with Gasteiger partial charge in [0.2, 0.25) is 0 Å². The molecule has 1 aliphatic heterocycles. The second-order valence-electron chi connectivity index (χ2n) is 12.1. The second kappa shape index (κ2) is 15.0. The third kappa shape index (κ3) is 8.40. The van der Waals surface area contributed by atoms with E-state index < -0.39 is 6.10 Å². The quantitative estimate of drug-likeness (QED) is 0.0999. The number of aromatic amines is 1. The number of nitrogens with zero attached hydrogens (tertiary/aromatic N) is 1. The zero-order valence-corrected chi connectivity index (χ0v) is 26.9. The number of carbonyl (C=O) groups is 1. The molecule has 0 radical (unpaired) electrons. The van der Waals surface area contributed by atoms with Crippen molar-refractivity contribution in [2.75, 3.05) is 39.5 Å². The molecule has 1 saturated heterocycles. The Morgan fingerprint density at radius 3 is 2.51 bits per heavy atom. The number of nitrogens with one attached hydrogen (secondary N) is 1. The van der Waals surface area contributed by atoms with Gasteiger partial charge in [0.15, 0.2) is 0 Å². The molecule has 2 N–H and O–H groups in total. The molecular weight excluding hydrogens is 611 g/mol. The fraction of sp³-hybridized carbons (Fsp3) is 0.417. The summed E-state index contributed by atoms with van der Waals surface area (Å²) in [6.45, 7) is 4.27. The first-order chi connectivity index (χ1) is 21.9. The summed E-state index contributed by atoms with van der Waals surface area (Å²) in [6.07, 6.45) is 4.05. The van der Waals surface area contributed by atoms with Crippen molar-refractivity contribution in [3.63, 3.8) is 0 Å². The first-order valence-corrected chi connectivity index (χ1v) is 16.6. The van der Waals surface area contributed by atoms with Crippen LogP contribution in [0.25, 0.3) is 10.9 Å². The lowest BCUT2D eigenvalue weighted by Crippen LogP contribution is -2.41. The van der Waals surface area contributed by atoms with Crippen LogP contribution in [0.15, 0.2) is 66.7 Å². The van der Waals surface area contributed by atoms with Gasteiger partial charge in [0, 0.05) is 65.0 Å². The number of esters is 1. The number of carbonyl (C=O) groups excluding carboxylic acids is 1. The molecule has 6 rings (SSSR count). The third-order valence-electron chi connectivity index (χ3n) is 9.00. The number of β-amino-alcohol motifs (C(OH)–C–C–N with tert-alkyl or cyclic N) is 1. The summed E-state index contributed by atoms with van der Waals surface area (Å²) < 4.78 is 17.0. The van der Waals surface area contributed by atoms with Crippen LogP contribution in [0.3, 0.4) is 0 Å². The van der Waals surface area contributed by atoms with E-state index in [1.807, 2.05) is 18.2 Å².